The molecule has 138 valence electrons. The number of rotatable bonds is 5. The van der Waals surface area contributed by atoms with Crippen molar-refractivity contribution in [2.45, 2.75) is 56.9 Å². The van der Waals surface area contributed by atoms with Gasteiger partial charge in [-0.05, 0) is 51.4 Å². The highest BCUT2D eigenvalue weighted by Crippen LogP contribution is 2.25. The van der Waals surface area contributed by atoms with Gasteiger partial charge >= 0.3 is 0 Å². The van der Waals surface area contributed by atoms with E-state index in [1.165, 1.54) is 0 Å². The maximum absolute atomic E-state index is 12.7. The second-order valence-electron chi connectivity index (χ2n) is 7.56. The number of nitrogens with one attached hydrogen (secondary N) is 2. The molecule has 2 atom stereocenters. The lowest BCUT2D eigenvalue weighted by molar-refractivity contribution is -0.130. The quantitative estimate of drug-likeness (QED) is 0.752. The summed E-state index contributed by atoms with van der Waals surface area (Å²) in [6.07, 6.45) is 15.4. The summed E-state index contributed by atoms with van der Waals surface area (Å²) < 4.78 is 5.49. The zero-order valence-electron chi connectivity index (χ0n) is 15.0. The van der Waals surface area contributed by atoms with Gasteiger partial charge in [0.2, 0.25) is 11.8 Å². The molecule has 0 bridgehead atoms. The van der Waals surface area contributed by atoms with Crippen LogP contribution >= 0.6 is 0 Å². The van der Waals surface area contributed by atoms with Gasteiger partial charge in [-0.2, -0.15) is 0 Å². The minimum Gasteiger partial charge on any atom is -0.381 e. The lowest BCUT2D eigenvalue weighted by atomic mass is 9.86. The third-order valence-corrected chi connectivity index (χ3v) is 5.72. The van der Waals surface area contributed by atoms with Crippen LogP contribution in [0.4, 0.5) is 0 Å². The molecule has 0 saturated carbocycles. The molecule has 3 aliphatic rings. The zero-order valence-corrected chi connectivity index (χ0v) is 15.0. The van der Waals surface area contributed by atoms with Gasteiger partial charge in [-0.25, -0.2) is 0 Å². The summed E-state index contributed by atoms with van der Waals surface area (Å²) in [4.78, 5) is 25.2. The van der Waals surface area contributed by atoms with Crippen LogP contribution in [0.5, 0.6) is 0 Å². The van der Waals surface area contributed by atoms with Crippen molar-refractivity contribution in [1.82, 2.24) is 10.6 Å². The normalized spacial score (nSPS) is 28.3. The predicted molar refractivity (Wildman–Crippen MR) is 96.9 cm³/mol. The minimum absolute atomic E-state index is 0.0592. The Balaban J connectivity index is 1.58. The van der Waals surface area contributed by atoms with E-state index in [0.29, 0.717) is 19.8 Å². The van der Waals surface area contributed by atoms with Crippen LogP contribution in [-0.4, -0.2) is 37.1 Å². The summed E-state index contributed by atoms with van der Waals surface area (Å²) in [5.41, 5.74) is -0.364. The number of allylic oxidation sites excluding steroid dienone is 4. The summed E-state index contributed by atoms with van der Waals surface area (Å²) in [5, 5.41) is 6.39. The van der Waals surface area contributed by atoms with Gasteiger partial charge in [0.1, 0.15) is 0 Å². The number of carbonyl (C=O) groups is 2. The number of ether oxygens (including phenoxy) is 1. The van der Waals surface area contributed by atoms with Crippen LogP contribution in [-0.2, 0) is 14.3 Å². The molecule has 3 rings (SSSR count). The second kappa shape index (κ2) is 8.65. The molecule has 1 aliphatic heterocycles. The van der Waals surface area contributed by atoms with E-state index in [2.05, 4.69) is 34.9 Å². The highest BCUT2D eigenvalue weighted by Gasteiger charge is 2.36. The molecule has 25 heavy (non-hydrogen) atoms. The van der Waals surface area contributed by atoms with Crippen molar-refractivity contribution >= 4 is 11.8 Å². The Kier molecular flexibility index (Phi) is 6.29. The molecule has 2 amide bonds. The molecule has 2 aliphatic carbocycles. The average molecular weight is 346 g/mol. The lowest BCUT2D eigenvalue weighted by Crippen LogP contribution is -2.59. The van der Waals surface area contributed by atoms with E-state index in [9.17, 15) is 9.59 Å². The van der Waals surface area contributed by atoms with Crippen LogP contribution in [0.2, 0.25) is 0 Å². The minimum atomic E-state index is -0.364. The van der Waals surface area contributed by atoms with Crippen molar-refractivity contribution in [2.24, 2.45) is 11.8 Å². The van der Waals surface area contributed by atoms with Crippen molar-refractivity contribution in [3.05, 3.63) is 24.3 Å². The molecular weight excluding hydrogens is 316 g/mol. The largest absolute Gasteiger partial charge is 0.381 e. The van der Waals surface area contributed by atoms with E-state index in [0.717, 1.165) is 51.4 Å². The van der Waals surface area contributed by atoms with E-state index in [1.54, 1.807) is 0 Å². The van der Waals surface area contributed by atoms with Crippen LogP contribution in [0.3, 0.4) is 0 Å². The molecule has 0 radical (unpaired) electrons. The van der Waals surface area contributed by atoms with Crippen molar-refractivity contribution in [3.8, 4) is 0 Å². The number of amides is 2. The number of hydrogen-bond acceptors (Lipinski definition) is 3. The molecule has 0 aromatic carbocycles. The number of carbonyl (C=O) groups excluding carboxylic acids is 2. The molecule has 1 fully saturated rings. The van der Waals surface area contributed by atoms with Crippen molar-refractivity contribution < 1.29 is 14.3 Å². The first-order chi connectivity index (χ1) is 12.2. The molecule has 5 heteroatoms. The van der Waals surface area contributed by atoms with Crippen LogP contribution in [0, 0.1) is 11.8 Å². The summed E-state index contributed by atoms with van der Waals surface area (Å²) in [6.45, 7) is 1.77. The predicted octanol–water partition coefficient (Wildman–Crippen LogP) is 2.48. The molecular formula is C20H30N2O3. The summed E-state index contributed by atoms with van der Waals surface area (Å²) in [6, 6.07) is 0. The van der Waals surface area contributed by atoms with Gasteiger partial charge in [0, 0.05) is 31.6 Å². The fourth-order valence-electron chi connectivity index (χ4n) is 3.94. The first kappa shape index (κ1) is 18.2. The maximum Gasteiger partial charge on any atom is 0.223 e. The van der Waals surface area contributed by atoms with E-state index < -0.39 is 0 Å². The summed E-state index contributed by atoms with van der Waals surface area (Å²) in [5.74, 6) is 0.371. The number of hydrogen-bond donors (Lipinski definition) is 2. The third-order valence-electron chi connectivity index (χ3n) is 5.72. The van der Waals surface area contributed by atoms with Crippen LogP contribution in [0.15, 0.2) is 24.3 Å². The fourth-order valence-corrected chi connectivity index (χ4v) is 3.94. The maximum atomic E-state index is 12.7. The van der Waals surface area contributed by atoms with Gasteiger partial charge in [0.25, 0.3) is 0 Å². The van der Waals surface area contributed by atoms with Gasteiger partial charge in [-0.1, -0.05) is 24.3 Å². The molecule has 0 unspecified atom stereocenters. The highest BCUT2D eigenvalue weighted by molar-refractivity contribution is 5.81. The fraction of sp³-hybridized carbons (Fsp3) is 0.700. The summed E-state index contributed by atoms with van der Waals surface area (Å²) in [7, 11) is 0. The first-order valence-electron chi connectivity index (χ1n) is 9.66. The third kappa shape index (κ3) is 4.94. The van der Waals surface area contributed by atoms with Gasteiger partial charge in [-0.3, -0.25) is 9.59 Å². The Morgan fingerprint density at radius 3 is 2.08 bits per heavy atom. The first-order valence-corrected chi connectivity index (χ1v) is 9.66. The smallest absolute Gasteiger partial charge is 0.223 e. The molecule has 2 N–H and O–H groups in total. The van der Waals surface area contributed by atoms with Gasteiger partial charge in [0.05, 0.1) is 5.54 Å². The van der Waals surface area contributed by atoms with Crippen LogP contribution in [0.1, 0.15) is 51.4 Å². The SMILES string of the molecule is O=C(NCC1(NC(=O)[C@H]2CC=CCC2)CCOCC1)[C@H]1CC=CCC1. The Morgan fingerprint density at radius 1 is 0.920 bits per heavy atom. The molecule has 1 saturated heterocycles. The Morgan fingerprint density at radius 2 is 1.52 bits per heavy atom. The standard InChI is InChI=1S/C20H30N2O3/c23-18(16-7-3-1-4-8-16)21-15-20(11-13-25-14-12-20)22-19(24)17-9-5-2-6-10-17/h1-3,5,16-17H,4,6-15H2,(H,21,23)(H,22,24)/t16-,17-/m0/s1. The van der Waals surface area contributed by atoms with Gasteiger partial charge < -0.3 is 15.4 Å². The second-order valence-corrected chi connectivity index (χ2v) is 7.56. The molecule has 0 aromatic heterocycles. The topological polar surface area (TPSA) is 67.4 Å². The van der Waals surface area contributed by atoms with Crippen molar-refractivity contribution in [1.29, 1.82) is 0 Å². The highest BCUT2D eigenvalue weighted by atomic mass is 16.5. The molecule has 5 nitrogen and oxygen atoms in total. The lowest BCUT2D eigenvalue weighted by Gasteiger charge is -2.39. The zero-order chi connectivity index (χ0) is 17.5. The summed E-state index contributed by atoms with van der Waals surface area (Å²) >= 11 is 0. The van der Waals surface area contributed by atoms with E-state index >= 15 is 0 Å². The molecule has 1 heterocycles. The van der Waals surface area contributed by atoms with Gasteiger partial charge in [0.15, 0.2) is 0 Å². The monoisotopic (exact) mass is 346 g/mol. The molecule has 0 aromatic rings. The van der Waals surface area contributed by atoms with Gasteiger partial charge in [-0.15, -0.1) is 0 Å². The Bertz CT molecular complexity index is 535. The van der Waals surface area contributed by atoms with Crippen LogP contribution < -0.4 is 10.6 Å². The van der Waals surface area contributed by atoms with E-state index in [1.807, 2.05) is 0 Å². The average Bonchev–Trinajstić information content (AvgIpc) is 2.68. The Hall–Kier alpha value is -1.62. The Labute approximate surface area is 150 Å². The van der Waals surface area contributed by atoms with Crippen molar-refractivity contribution in [3.63, 3.8) is 0 Å². The van der Waals surface area contributed by atoms with E-state index in [-0.39, 0.29) is 29.2 Å². The van der Waals surface area contributed by atoms with E-state index in [4.69, 9.17) is 4.74 Å². The van der Waals surface area contributed by atoms with Crippen LogP contribution in [0.25, 0.3) is 0 Å². The van der Waals surface area contributed by atoms with Crippen molar-refractivity contribution in [2.75, 3.05) is 19.8 Å². The molecule has 0 spiro atoms.